The van der Waals surface area contributed by atoms with Gasteiger partial charge in [0.05, 0.1) is 6.54 Å². The smallest absolute Gasteiger partial charge is 0.191 e. The molecule has 2 heterocycles. The van der Waals surface area contributed by atoms with Crippen LogP contribution in [-0.2, 0) is 19.6 Å². The van der Waals surface area contributed by atoms with Gasteiger partial charge in [-0.25, -0.2) is 4.98 Å². The molecule has 6 nitrogen and oxygen atoms in total. The third-order valence-corrected chi connectivity index (χ3v) is 4.04. The molecule has 0 aliphatic carbocycles. The summed E-state index contributed by atoms with van der Waals surface area (Å²) in [5.74, 6) is 2.84. The molecule has 2 aromatic rings. The van der Waals surface area contributed by atoms with Gasteiger partial charge >= 0.3 is 0 Å². The molecule has 0 amide bonds. The Labute approximate surface area is 147 Å². The summed E-state index contributed by atoms with van der Waals surface area (Å²) in [4.78, 5) is 4.21. The maximum atomic E-state index is 5.65. The van der Waals surface area contributed by atoms with E-state index in [1.807, 2.05) is 30.0 Å². The Morgan fingerprint density at radius 1 is 1.36 bits per heavy atom. The number of aromatic nitrogens is 5. The second kappa shape index (κ2) is 10.7. The zero-order valence-corrected chi connectivity index (χ0v) is 15.0. The zero-order chi connectivity index (χ0) is 14.4. The van der Waals surface area contributed by atoms with E-state index in [9.17, 15) is 0 Å². The highest BCUT2D eigenvalue weighted by Gasteiger charge is 2.09. The summed E-state index contributed by atoms with van der Waals surface area (Å²) >= 11 is 1.70. The average molecular weight is 365 g/mol. The summed E-state index contributed by atoms with van der Waals surface area (Å²) in [6.45, 7) is 7.84. The monoisotopic (exact) mass is 364 g/mol. The van der Waals surface area contributed by atoms with Crippen molar-refractivity contribution < 1.29 is 0 Å². The van der Waals surface area contributed by atoms with E-state index in [1.165, 1.54) is 0 Å². The number of thioether (sulfide) groups is 1. The van der Waals surface area contributed by atoms with Crippen molar-refractivity contribution in [2.45, 2.75) is 38.1 Å². The van der Waals surface area contributed by atoms with Crippen molar-refractivity contribution in [3.8, 4) is 0 Å². The van der Waals surface area contributed by atoms with E-state index in [1.54, 1.807) is 11.8 Å². The van der Waals surface area contributed by atoms with Crippen molar-refractivity contribution in [3.05, 3.63) is 36.7 Å². The molecule has 2 rings (SSSR count). The second-order valence-electron chi connectivity index (χ2n) is 4.37. The normalized spacial score (nSPS) is 9.91. The molecular weight excluding hydrogens is 343 g/mol. The molecule has 0 radical (unpaired) electrons. The highest BCUT2D eigenvalue weighted by atomic mass is 35.5. The van der Waals surface area contributed by atoms with Gasteiger partial charge in [0.15, 0.2) is 5.16 Å². The SMILES string of the molecule is C=CCn1c(CN)nnc1SCCCn1ccnc1C.Cl.Cl. The van der Waals surface area contributed by atoms with Gasteiger partial charge in [-0.1, -0.05) is 17.8 Å². The number of halogens is 2. The van der Waals surface area contributed by atoms with Crippen molar-refractivity contribution in [1.82, 2.24) is 24.3 Å². The highest BCUT2D eigenvalue weighted by Crippen LogP contribution is 2.18. The molecule has 0 atom stereocenters. The van der Waals surface area contributed by atoms with Gasteiger partial charge in [0, 0.05) is 31.2 Å². The van der Waals surface area contributed by atoms with Gasteiger partial charge < -0.3 is 14.9 Å². The topological polar surface area (TPSA) is 74.6 Å². The first kappa shape index (κ1) is 21.0. The Kier molecular flexibility index (Phi) is 10.2. The van der Waals surface area contributed by atoms with E-state index in [-0.39, 0.29) is 24.8 Å². The quantitative estimate of drug-likeness (QED) is 0.442. The Bertz CT molecular complexity index is 569. The summed E-state index contributed by atoms with van der Waals surface area (Å²) in [6.07, 6.45) is 6.73. The van der Waals surface area contributed by atoms with Gasteiger partial charge in [0.2, 0.25) is 0 Å². The molecule has 22 heavy (non-hydrogen) atoms. The lowest BCUT2D eigenvalue weighted by molar-refractivity contribution is 0.657. The molecule has 2 aromatic heterocycles. The molecule has 2 N–H and O–H groups in total. The van der Waals surface area contributed by atoms with Crippen LogP contribution in [0.3, 0.4) is 0 Å². The van der Waals surface area contributed by atoms with Gasteiger partial charge in [0.1, 0.15) is 11.6 Å². The van der Waals surface area contributed by atoms with Crippen LogP contribution in [-0.4, -0.2) is 30.1 Å². The van der Waals surface area contributed by atoms with Crippen LogP contribution in [0.5, 0.6) is 0 Å². The fraction of sp³-hybridized carbons (Fsp3) is 0.462. The second-order valence-corrected chi connectivity index (χ2v) is 5.43. The maximum absolute atomic E-state index is 5.65. The molecule has 0 unspecified atom stereocenters. The number of rotatable bonds is 8. The lowest BCUT2D eigenvalue weighted by Crippen LogP contribution is -2.08. The fourth-order valence-electron chi connectivity index (χ4n) is 1.93. The summed E-state index contributed by atoms with van der Waals surface area (Å²) < 4.78 is 4.17. The Balaban J connectivity index is 0.00000220. The Morgan fingerprint density at radius 2 is 2.14 bits per heavy atom. The average Bonchev–Trinajstić information content (AvgIpc) is 3.02. The van der Waals surface area contributed by atoms with E-state index < -0.39 is 0 Å². The third kappa shape index (κ3) is 5.31. The minimum absolute atomic E-state index is 0. The standard InChI is InChI=1S/C13H20N6S.2ClH/c1-3-6-19-12(10-14)16-17-13(19)20-9-4-7-18-8-5-15-11(18)2;;/h3,5,8H,1,4,6-7,9-10,14H2,2H3;2*1H. The van der Waals surface area contributed by atoms with Crippen molar-refractivity contribution in [2.75, 3.05) is 5.75 Å². The molecule has 0 bridgehead atoms. The Hall–Kier alpha value is -1.02. The maximum Gasteiger partial charge on any atom is 0.191 e. The molecule has 0 aliphatic heterocycles. The lowest BCUT2D eigenvalue weighted by Gasteiger charge is -2.07. The van der Waals surface area contributed by atoms with Crippen LogP contribution in [0.25, 0.3) is 0 Å². The number of allylic oxidation sites excluding steroid dienone is 1. The summed E-state index contributed by atoms with van der Waals surface area (Å²) in [7, 11) is 0. The minimum atomic E-state index is 0. The highest BCUT2D eigenvalue weighted by molar-refractivity contribution is 7.99. The molecule has 0 aromatic carbocycles. The number of hydrogen-bond acceptors (Lipinski definition) is 5. The predicted molar refractivity (Wildman–Crippen MR) is 94.9 cm³/mol. The van der Waals surface area contributed by atoms with Gasteiger partial charge in [-0.3, -0.25) is 0 Å². The van der Waals surface area contributed by atoms with Crippen LogP contribution in [0.1, 0.15) is 18.1 Å². The van der Waals surface area contributed by atoms with E-state index in [2.05, 4.69) is 26.3 Å². The Morgan fingerprint density at radius 3 is 2.73 bits per heavy atom. The van der Waals surface area contributed by atoms with E-state index in [4.69, 9.17) is 5.73 Å². The summed E-state index contributed by atoms with van der Waals surface area (Å²) in [5, 5.41) is 9.20. The van der Waals surface area contributed by atoms with Gasteiger partial charge in [0.25, 0.3) is 0 Å². The van der Waals surface area contributed by atoms with Crippen LogP contribution in [0.4, 0.5) is 0 Å². The third-order valence-electron chi connectivity index (χ3n) is 2.99. The van der Waals surface area contributed by atoms with Crippen LogP contribution >= 0.6 is 36.6 Å². The largest absolute Gasteiger partial charge is 0.335 e. The van der Waals surface area contributed by atoms with Gasteiger partial charge in [-0.2, -0.15) is 0 Å². The summed E-state index contributed by atoms with van der Waals surface area (Å²) in [5.41, 5.74) is 5.65. The van der Waals surface area contributed by atoms with Crippen molar-refractivity contribution in [1.29, 1.82) is 0 Å². The molecule has 124 valence electrons. The molecule has 0 saturated carbocycles. The van der Waals surface area contributed by atoms with Crippen LogP contribution < -0.4 is 5.73 Å². The van der Waals surface area contributed by atoms with E-state index in [0.29, 0.717) is 13.1 Å². The number of nitrogens with zero attached hydrogens (tertiary/aromatic N) is 5. The van der Waals surface area contributed by atoms with E-state index >= 15 is 0 Å². The van der Waals surface area contributed by atoms with Crippen LogP contribution in [0.15, 0.2) is 30.2 Å². The first-order chi connectivity index (χ1) is 9.76. The molecule has 9 heteroatoms. The van der Waals surface area contributed by atoms with Crippen LogP contribution in [0.2, 0.25) is 0 Å². The lowest BCUT2D eigenvalue weighted by atomic mass is 10.4. The molecule has 0 spiro atoms. The van der Waals surface area contributed by atoms with Crippen molar-refractivity contribution in [2.24, 2.45) is 5.73 Å². The number of hydrogen-bond donors (Lipinski definition) is 1. The summed E-state index contributed by atoms with van der Waals surface area (Å²) in [6, 6.07) is 0. The number of aryl methyl sites for hydroxylation is 2. The van der Waals surface area contributed by atoms with Crippen molar-refractivity contribution in [3.63, 3.8) is 0 Å². The number of nitrogens with two attached hydrogens (primary N) is 1. The van der Waals surface area contributed by atoms with Crippen molar-refractivity contribution >= 4 is 36.6 Å². The zero-order valence-electron chi connectivity index (χ0n) is 12.5. The minimum Gasteiger partial charge on any atom is -0.335 e. The first-order valence-electron chi connectivity index (χ1n) is 6.59. The van der Waals surface area contributed by atoms with Crippen LogP contribution in [0, 0.1) is 6.92 Å². The molecule has 0 fully saturated rings. The number of imidazole rings is 1. The molecule has 0 aliphatic rings. The first-order valence-corrected chi connectivity index (χ1v) is 7.58. The molecular formula is C13H22Cl2N6S. The molecule has 0 saturated heterocycles. The predicted octanol–water partition coefficient (Wildman–Crippen LogP) is 2.45. The van der Waals surface area contributed by atoms with E-state index in [0.717, 1.165) is 35.5 Å². The van der Waals surface area contributed by atoms with Gasteiger partial charge in [-0.05, 0) is 13.3 Å². The fourth-order valence-corrected chi connectivity index (χ4v) is 2.82. The van der Waals surface area contributed by atoms with Gasteiger partial charge in [-0.15, -0.1) is 41.6 Å².